The van der Waals surface area contributed by atoms with Crippen molar-refractivity contribution in [3.63, 3.8) is 0 Å². The fourth-order valence-corrected chi connectivity index (χ4v) is 2.46. The molecule has 84 valence electrons. The Morgan fingerprint density at radius 2 is 2.33 bits per heavy atom. The zero-order valence-corrected chi connectivity index (χ0v) is 9.38. The zero-order chi connectivity index (χ0) is 11.1. The van der Waals surface area contributed by atoms with Gasteiger partial charge in [-0.15, -0.1) is 0 Å². The second-order valence-corrected chi connectivity index (χ2v) is 4.69. The maximum absolute atomic E-state index is 10.5. The van der Waals surface area contributed by atoms with Gasteiger partial charge in [-0.2, -0.15) is 5.10 Å². The third-order valence-corrected chi connectivity index (χ3v) is 3.23. The SMILES string of the molecule is CC(C)c1n[nH]c2c1C(O)(CCN)CC2. The number of aromatic amines is 1. The van der Waals surface area contributed by atoms with Gasteiger partial charge < -0.3 is 10.8 Å². The van der Waals surface area contributed by atoms with Gasteiger partial charge in [0.05, 0.1) is 11.3 Å². The number of hydrogen-bond acceptors (Lipinski definition) is 3. The summed E-state index contributed by atoms with van der Waals surface area (Å²) >= 11 is 0. The standard InChI is InChI=1S/C11H19N3O/c1-7(2)10-9-8(13-14-10)3-4-11(9,15)5-6-12/h7,15H,3-6,12H2,1-2H3,(H,13,14). The van der Waals surface area contributed by atoms with E-state index in [1.54, 1.807) is 0 Å². The first kappa shape index (κ1) is 10.6. The lowest BCUT2D eigenvalue weighted by Gasteiger charge is -2.23. The molecular formula is C11H19N3O. The van der Waals surface area contributed by atoms with Crippen LogP contribution in [0.5, 0.6) is 0 Å². The summed E-state index contributed by atoms with van der Waals surface area (Å²) in [6.45, 7) is 4.70. The van der Waals surface area contributed by atoms with Crippen molar-refractivity contribution in [1.82, 2.24) is 10.2 Å². The van der Waals surface area contributed by atoms with Crippen molar-refractivity contribution in [2.24, 2.45) is 5.73 Å². The highest BCUT2D eigenvalue weighted by molar-refractivity contribution is 5.37. The van der Waals surface area contributed by atoms with Crippen LogP contribution >= 0.6 is 0 Å². The van der Waals surface area contributed by atoms with Crippen LogP contribution in [0.3, 0.4) is 0 Å². The summed E-state index contributed by atoms with van der Waals surface area (Å²) < 4.78 is 0. The maximum Gasteiger partial charge on any atom is 0.0948 e. The molecule has 2 rings (SSSR count). The lowest BCUT2D eigenvalue weighted by atomic mass is 9.89. The molecular weight excluding hydrogens is 190 g/mol. The van der Waals surface area contributed by atoms with Crippen LogP contribution in [0.4, 0.5) is 0 Å². The summed E-state index contributed by atoms with van der Waals surface area (Å²) in [5, 5.41) is 17.8. The smallest absolute Gasteiger partial charge is 0.0948 e. The molecule has 15 heavy (non-hydrogen) atoms. The Hall–Kier alpha value is -0.870. The van der Waals surface area contributed by atoms with Gasteiger partial charge in [0, 0.05) is 11.3 Å². The predicted octanol–water partition coefficient (Wildman–Crippen LogP) is 1.02. The highest BCUT2D eigenvalue weighted by atomic mass is 16.3. The normalized spacial score (nSPS) is 24.9. The largest absolute Gasteiger partial charge is 0.385 e. The van der Waals surface area contributed by atoms with Crippen LogP contribution in [0.2, 0.25) is 0 Å². The number of aryl methyl sites for hydroxylation is 1. The Morgan fingerprint density at radius 3 is 2.93 bits per heavy atom. The summed E-state index contributed by atoms with van der Waals surface area (Å²) in [6.07, 6.45) is 2.28. The average Bonchev–Trinajstić information content (AvgIpc) is 2.69. The van der Waals surface area contributed by atoms with Crippen molar-refractivity contribution >= 4 is 0 Å². The van der Waals surface area contributed by atoms with Gasteiger partial charge in [0.15, 0.2) is 0 Å². The fraction of sp³-hybridized carbons (Fsp3) is 0.727. The third kappa shape index (κ3) is 1.58. The highest BCUT2D eigenvalue weighted by Crippen LogP contribution is 2.41. The summed E-state index contributed by atoms with van der Waals surface area (Å²) in [5.41, 5.74) is 7.92. The van der Waals surface area contributed by atoms with E-state index >= 15 is 0 Å². The van der Waals surface area contributed by atoms with Crippen molar-refractivity contribution in [2.45, 2.75) is 44.6 Å². The molecule has 0 radical (unpaired) electrons. The monoisotopic (exact) mass is 209 g/mol. The molecule has 4 nitrogen and oxygen atoms in total. The van der Waals surface area contributed by atoms with E-state index in [4.69, 9.17) is 5.73 Å². The first-order valence-corrected chi connectivity index (χ1v) is 5.58. The van der Waals surface area contributed by atoms with E-state index in [9.17, 15) is 5.11 Å². The Labute approximate surface area is 89.9 Å². The molecule has 0 saturated carbocycles. The van der Waals surface area contributed by atoms with E-state index < -0.39 is 5.60 Å². The molecule has 1 aliphatic carbocycles. The summed E-state index contributed by atoms with van der Waals surface area (Å²) in [7, 11) is 0. The molecule has 4 heteroatoms. The molecule has 0 fully saturated rings. The fourth-order valence-electron chi connectivity index (χ4n) is 2.46. The van der Waals surface area contributed by atoms with Crippen LogP contribution < -0.4 is 5.73 Å². The number of fused-ring (bicyclic) bond motifs is 1. The van der Waals surface area contributed by atoms with Crippen molar-refractivity contribution < 1.29 is 5.11 Å². The number of nitrogens with zero attached hydrogens (tertiary/aromatic N) is 1. The molecule has 0 amide bonds. The quantitative estimate of drug-likeness (QED) is 0.695. The first-order chi connectivity index (χ1) is 7.08. The average molecular weight is 209 g/mol. The second kappa shape index (κ2) is 3.61. The van der Waals surface area contributed by atoms with E-state index in [0.717, 1.165) is 29.8 Å². The number of H-pyrrole nitrogens is 1. The maximum atomic E-state index is 10.5. The molecule has 4 N–H and O–H groups in total. The number of nitrogens with one attached hydrogen (secondary N) is 1. The van der Waals surface area contributed by atoms with E-state index in [1.165, 1.54) is 0 Å². The van der Waals surface area contributed by atoms with Crippen molar-refractivity contribution in [3.8, 4) is 0 Å². The summed E-state index contributed by atoms with van der Waals surface area (Å²) in [5.74, 6) is 0.340. The van der Waals surface area contributed by atoms with Crippen molar-refractivity contribution in [3.05, 3.63) is 17.0 Å². The molecule has 0 saturated heterocycles. The van der Waals surface area contributed by atoms with Crippen molar-refractivity contribution in [2.75, 3.05) is 6.54 Å². The van der Waals surface area contributed by atoms with Gasteiger partial charge in [-0.05, 0) is 31.7 Å². The third-order valence-electron chi connectivity index (χ3n) is 3.23. The highest BCUT2D eigenvalue weighted by Gasteiger charge is 2.40. The summed E-state index contributed by atoms with van der Waals surface area (Å²) in [4.78, 5) is 0. The van der Waals surface area contributed by atoms with E-state index in [2.05, 4.69) is 24.0 Å². The number of aliphatic hydroxyl groups is 1. The van der Waals surface area contributed by atoms with Gasteiger partial charge in [-0.1, -0.05) is 13.8 Å². The van der Waals surface area contributed by atoms with E-state index in [-0.39, 0.29) is 0 Å². The second-order valence-electron chi connectivity index (χ2n) is 4.69. The number of aromatic nitrogens is 2. The van der Waals surface area contributed by atoms with E-state index in [0.29, 0.717) is 18.9 Å². The Kier molecular flexibility index (Phi) is 2.56. The summed E-state index contributed by atoms with van der Waals surface area (Å²) in [6, 6.07) is 0. The van der Waals surface area contributed by atoms with Gasteiger partial charge in [-0.3, -0.25) is 5.10 Å². The zero-order valence-electron chi connectivity index (χ0n) is 9.38. The molecule has 0 bridgehead atoms. The molecule has 0 spiro atoms. The van der Waals surface area contributed by atoms with Gasteiger partial charge in [0.25, 0.3) is 0 Å². The minimum atomic E-state index is -0.739. The number of hydrogen-bond donors (Lipinski definition) is 3. The van der Waals surface area contributed by atoms with Crippen LogP contribution in [0.1, 0.15) is 49.6 Å². The molecule has 1 unspecified atom stereocenters. The minimum Gasteiger partial charge on any atom is -0.385 e. The number of nitrogens with two attached hydrogens (primary N) is 1. The lowest BCUT2D eigenvalue weighted by Crippen LogP contribution is -2.27. The van der Waals surface area contributed by atoms with Crippen LogP contribution in [0.25, 0.3) is 0 Å². The van der Waals surface area contributed by atoms with Gasteiger partial charge in [0.1, 0.15) is 0 Å². The van der Waals surface area contributed by atoms with Gasteiger partial charge in [0.2, 0.25) is 0 Å². The first-order valence-electron chi connectivity index (χ1n) is 5.58. The van der Waals surface area contributed by atoms with E-state index in [1.807, 2.05) is 0 Å². The predicted molar refractivity (Wildman–Crippen MR) is 58.6 cm³/mol. The molecule has 1 heterocycles. The Morgan fingerprint density at radius 1 is 1.60 bits per heavy atom. The topological polar surface area (TPSA) is 74.9 Å². The van der Waals surface area contributed by atoms with Crippen LogP contribution in [-0.2, 0) is 12.0 Å². The molecule has 1 atom stereocenters. The molecule has 0 aromatic carbocycles. The lowest BCUT2D eigenvalue weighted by molar-refractivity contribution is 0.0308. The molecule has 1 aromatic heterocycles. The Balaban J connectivity index is 2.42. The van der Waals surface area contributed by atoms with Crippen molar-refractivity contribution in [1.29, 1.82) is 0 Å². The molecule has 1 aliphatic rings. The van der Waals surface area contributed by atoms with Crippen LogP contribution in [-0.4, -0.2) is 21.8 Å². The van der Waals surface area contributed by atoms with Gasteiger partial charge >= 0.3 is 0 Å². The minimum absolute atomic E-state index is 0.340. The molecule has 1 aromatic rings. The molecule has 0 aliphatic heterocycles. The van der Waals surface area contributed by atoms with Gasteiger partial charge in [-0.25, -0.2) is 0 Å². The number of rotatable bonds is 3. The Bertz CT molecular complexity index is 359. The van der Waals surface area contributed by atoms with Crippen LogP contribution in [0, 0.1) is 0 Å². The van der Waals surface area contributed by atoms with Crippen LogP contribution in [0.15, 0.2) is 0 Å².